The fraction of sp³-hybridized carbons (Fsp3) is 0.500. The van der Waals surface area contributed by atoms with Gasteiger partial charge in [0.05, 0.1) is 6.10 Å². The van der Waals surface area contributed by atoms with Crippen LogP contribution < -0.4 is 10.5 Å². The minimum atomic E-state index is -0.800. The standard InChI is InChI=1S/C14H21NO3/c1-10(2)18-13-6-3-11(4-7-13)9-12(15)5-8-14(16)17/h3-4,6-7,10,12H,5,8-9,15H2,1-2H3,(H,16,17). The second-order valence-corrected chi connectivity index (χ2v) is 4.71. The van der Waals surface area contributed by atoms with Gasteiger partial charge in [-0.05, 0) is 44.4 Å². The van der Waals surface area contributed by atoms with Gasteiger partial charge in [0.1, 0.15) is 5.75 Å². The van der Waals surface area contributed by atoms with Crippen LogP contribution in [0.5, 0.6) is 5.75 Å². The quantitative estimate of drug-likeness (QED) is 0.779. The normalized spacial score (nSPS) is 12.4. The Kier molecular flexibility index (Phi) is 5.65. The molecule has 0 spiro atoms. The molecular weight excluding hydrogens is 230 g/mol. The molecule has 0 amide bonds. The first kappa shape index (κ1) is 14.5. The van der Waals surface area contributed by atoms with E-state index in [1.165, 1.54) is 0 Å². The van der Waals surface area contributed by atoms with Gasteiger partial charge in [-0.15, -0.1) is 0 Å². The van der Waals surface area contributed by atoms with Crippen LogP contribution in [0, 0.1) is 0 Å². The summed E-state index contributed by atoms with van der Waals surface area (Å²) < 4.78 is 5.54. The van der Waals surface area contributed by atoms with E-state index in [1.807, 2.05) is 38.1 Å². The number of hydrogen-bond acceptors (Lipinski definition) is 3. The van der Waals surface area contributed by atoms with E-state index in [1.54, 1.807) is 0 Å². The Morgan fingerprint density at radius 1 is 1.33 bits per heavy atom. The second kappa shape index (κ2) is 7.01. The number of benzene rings is 1. The number of carboxylic acids is 1. The molecule has 0 saturated heterocycles. The van der Waals surface area contributed by atoms with Crippen LogP contribution in [0.25, 0.3) is 0 Å². The van der Waals surface area contributed by atoms with E-state index in [0.29, 0.717) is 12.8 Å². The lowest BCUT2D eigenvalue weighted by Gasteiger charge is -2.12. The van der Waals surface area contributed by atoms with Crippen LogP contribution in [-0.4, -0.2) is 23.2 Å². The molecule has 0 aromatic heterocycles. The lowest BCUT2D eigenvalue weighted by Crippen LogP contribution is -2.23. The Balaban J connectivity index is 2.45. The van der Waals surface area contributed by atoms with Gasteiger partial charge in [-0.2, -0.15) is 0 Å². The highest BCUT2D eigenvalue weighted by molar-refractivity contribution is 5.66. The van der Waals surface area contributed by atoms with E-state index in [9.17, 15) is 4.79 Å². The Labute approximate surface area is 108 Å². The maximum atomic E-state index is 10.4. The fourth-order valence-electron chi connectivity index (χ4n) is 1.69. The molecule has 0 aliphatic rings. The second-order valence-electron chi connectivity index (χ2n) is 4.71. The van der Waals surface area contributed by atoms with Crippen LogP contribution in [0.1, 0.15) is 32.3 Å². The predicted octanol–water partition coefficient (Wildman–Crippen LogP) is 2.21. The Morgan fingerprint density at radius 2 is 1.94 bits per heavy atom. The lowest BCUT2D eigenvalue weighted by atomic mass is 10.0. The average molecular weight is 251 g/mol. The van der Waals surface area contributed by atoms with Crippen LogP contribution in [0.3, 0.4) is 0 Å². The lowest BCUT2D eigenvalue weighted by molar-refractivity contribution is -0.137. The maximum absolute atomic E-state index is 10.4. The molecule has 0 heterocycles. The first-order valence-electron chi connectivity index (χ1n) is 6.20. The number of aliphatic carboxylic acids is 1. The third kappa shape index (κ3) is 5.68. The zero-order valence-electron chi connectivity index (χ0n) is 10.9. The number of carbonyl (C=O) groups is 1. The van der Waals surface area contributed by atoms with Crippen LogP contribution in [0.2, 0.25) is 0 Å². The summed E-state index contributed by atoms with van der Waals surface area (Å²) in [5.41, 5.74) is 6.98. The maximum Gasteiger partial charge on any atom is 0.303 e. The minimum absolute atomic E-state index is 0.113. The summed E-state index contributed by atoms with van der Waals surface area (Å²) in [5.74, 6) is 0.0407. The third-order valence-electron chi connectivity index (χ3n) is 2.52. The molecule has 3 N–H and O–H groups in total. The molecule has 0 saturated carbocycles. The van der Waals surface area contributed by atoms with Gasteiger partial charge in [-0.1, -0.05) is 12.1 Å². The predicted molar refractivity (Wildman–Crippen MR) is 70.8 cm³/mol. The van der Waals surface area contributed by atoms with Crippen molar-refractivity contribution in [2.45, 2.75) is 45.3 Å². The molecule has 1 aromatic carbocycles. The van der Waals surface area contributed by atoms with E-state index >= 15 is 0 Å². The molecule has 1 unspecified atom stereocenters. The van der Waals surface area contributed by atoms with Gasteiger partial charge in [-0.3, -0.25) is 4.79 Å². The zero-order valence-corrected chi connectivity index (χ0v) is 10.9. The monoisotopic (exact) mass is 251 g/mol. The molecule has 18 heavy (non-hydrogen) atoms. The molecule has 0 aliphatic carbocycles. The van der Waals surface area contributed by atoms with E-state index in [0.717, 1.165) is 11.3 Å². The number of hydrogen-bond donors (Lipinski definition) is 2. The highest BCUT2D eigenvalue weighted by Gasteiger charge is 2.07. The van der Waals surface area contributed by atoms with Gasteiger partial charge in [0.15, 0.2) is 0 Å². The summed E-state index contributed by atoms with van der Waals surface area (Å²) in [6.45, 7) is 3.96. The number of carboxylic acid groups (broad SMARTS) is 1. The molecule has 4 heteroatoms. The fourth-order valence-corrected chi connectivity index (χ4v) is 1.69. The average Bonchev–Trinajstić information content (AvgIpc) is 2.28. The van der Waals surface area contributed by atoms with Crippen LogP contribution >= 0.6 is 0 Å². The Hall–Kier alpha value is -1.55. The molecule has 1 aromatic rings. The minimum Gasteiger partial charge on any atom is -0.491 e. The first-order valence-corrected chi connectivity index (χ1v) is 6.20. The van der Waals surface area contributed by atoms with Gasteiger partial charge in [0, 0.05) is 12.5 Å². The summed E-state index contributed by atoms with van der Waals surface area (Å²) in [7, 11) is 0. The van der Waals surface area contributed by atoms with Gasteiger partial charge < -0.3 is 15.6 Å². The molecule has 0 radical (unpaired) electrons. The van der Waals surface area contributed by atoms with Gasteiger partial charge in [0.25, 0.3) is 0 Å². The summed E-state index contributed by atoms with van der Waals surface area (Å²) in [6, 6.07) is 7.66. The van der Waals surface area contributed by atoms with Crippen LogP contribution in [0.4, 0.5) is 0 Å². The molecule has 0 fully saturated rings. The van der Waals surface area contributed by atoms with Crippen molar-refractivity contribution in [3.63, 3.8) is 0 Å². The summed E-state index contributed by atoms with van der Waals surface area (Å²) >= 11 is 0. The largest absolute Gasteiger partial charge is 0.491 e. The zero-order chi connectivity index (χ0) is 13.5. The molecule has 1 rings (SSSR count). The Bertz CT molecular complexity index is 373. The van der Waals surface area contributed by atoms with Gasteiger partial charge >= 0.3 is 5.97 Å². The van der Waals surface area contributed by atoms with Crippen molar-refractivity contribution >= 4 is 5.97 Å². The molecule has 0 aliphatic heterocycles. The SMILES string of the molecule is CC(C)Oc1ccc(CC(N)CCC(=O)O)cc1. The smallest absolute Gasteiger partial charge is 0.303 e. The number of ether oxygens (including phenoxy) is 1. The van der Waals surface area contributed by atoms with E-state index in [2.05, 4.69) is 0 Å². The molecule has 100 valence electrons. The summed E-state index contributed by atoms with van der Waals surface area (Å²) in [5, 5.41) is 8.58. The summed E-state index contributed by atoms with van der Waals surface area (Å²) in [6.07, 6.45) is 1.47. The highest BCUT2D eigenvalue weighted by Crippen LogP contribution is 2.15. The van der Waals surface area contributed by atoms with Crippen molar-refractivity contribution in [3.8, 4) is 5.75 Å². The van der Waals surface area contributed by atoms with Crippen molar-refractivity contribution < 1.29 is 14.6 Å². The molecule has 1 atom stereocenters. The summed E-state index contributed by atoms with van der Waals surface area (Å²) in [4.78, 5) is 10.4. The van der Waals surface area contributed by atoms with Crippen molar-refractivity contribution in [1.82, 2.24) is 0 Å². The van der Waals surface area contributed by atoms with E-state index in [-0.39, 0.29) is 18.6 Å². The molecule has 0 bridgehead atoms. The van der Waals surface area contributed by atoms with Crippen LogP contribution in [0.15, 0.2) is 24.3 Å². The Morgan fingerprint density at radius 3 is 2.44 bits per heavy atom. The third-order valence-corrected chi connectivity index (χ3v) is 2.52. The highest BCUT2D eigenvalue weighted by atomic mass is 16.5. The first-order chi connectivity index (χ1) is 8.47. The number of nitrogens with two attached hydrogens (primary N) is 1. The van der Waals surface area contributed by atoms with Gasteiger partial charge in [0.2, 0.25) is 0 Å². The van der Waals surface area contributed by atoms with E-state index < -0.39 is 5.97 Å². The van der Waals surface area contributed by atoms with Crippen molar-refractivity contribution in [1.29, 1.82) is 0 Å². The molecular formula is C14H21NO3. The topological polar surface area (TPSA) is 72.5 Å². The van der Waals surface area contributed by atoms with E-state index in [4.69, 9.17) is 15.6 Å². The van der Waals surface area contributed by atoms with Crippen molar-refractivity contribution in [2.75, 3.05) is 0 Å². The van der Waals surface area contributed by atoms with Gasteiger partial charge in [-0.25, -0.2) is 0 Å². The van der Waals surface area contributed by atoms with Crippen molar-refractivity contribution in [3.05, 3.63) is 29.8 Å². The van der Waals surface area contributed by atoms with Crippen LogP contribution in [-0.2, 0) is 11.2 Å². The van der Waals surface area contributed by atoms with Crippen molar-refractivity contribution in [2.24, 2.45) is 5.73 Å². The molecule has 4 nitrogen and oxygen atoms in total. The number of rotatable bonds is 7.